The minimum absolute atomic E-state index is 0.0848. The van der Waals surface area contributed by atoms with Crippen molar-refractivity contribution < 1.29 is 9.90 Å². The Bertz CT molecular complexity index is 248. The predicted molar refractivity (Wildman–Crippen MR) is 68.4 cm³/mol. The van der Waals surface area contributed by atoms with Crippen LogP contribution in [-0.2, 0) is 4.79 Å². The summed E-state index contributed by atoms with van der Waals surface area (Å²) in [4.78, 5) is 11.8. The van der Waals surface area contributed by atoms with Crippen molar-refractivity contribution in [1.82, 2.24) is 5.32 Å². The third kappa shape index (κ3) is 4.28. The van der Waals surface area contributed by atoms with Crippen molar-refractivity contribution in [1.29, 1.82) is 0 Å². The van der Waals surface area contributed by atoms with Gasteiger partial charge in [0, 0.05) is 12.0 Å². The number of carbonyl (C=O) groups excluding carboxylic acids is 1. The van der Waals surface area contributed by atoms with Crippen molar-refractivity contribution >= 4 is 5.91 Å². The van der Waals surface area contributed by atoms with Crippen LogP contribution in [0.3, 0.4) is 0 Å². The summed E-state index contributed by atoms with van der Waals surface area (Å²) in [5, 5.41) is 12.3. The molecule has 1 aliphatic rings. The lowest BCUT2D eigenvalue weighted by atomic mass is 9.87. The van der Waals surface area contributed by atoms with E-state index in [4.69, 9.17) is 5.73 Å². The zero-order valence-electron chi connectivity index (χ0n) is 11.0. The maximum Gasteiger partial charge on any atom is 0.236 e. The first-order valence-electron chi connectivity index (χ1n) is 6.63. The Morgan fingerprint density at radius 3 is 2.47 bits per heavy atom. The van der Waals surface area contributed by atoms with E-state index in [2.05, 4.69) is 19.2 Å². The van der Waals surface area contributed by atoms with Crippen molar-refractivity contribution in [3.63, 3.8) is 0 Å². The number of nitrogens with two attached hydrogens (primary N) is 1. The van der Waals surface area contributed by atoms with Gasteiger partial charge in [-0.1, -0.05) is 26.7 Å². The molecule has 1 fully saturated rings. The van der Waals surface area contributed by atoms with E-state index >= 15 is 0 Å². The second-order valence-corrected chi connectivity index (χ2v) is 5.82. The molecule has 0 heterocycles. The summed E-state index contributed by atoms with van der Waals surface area (Å²) in [5.41, 5.74) is 5.72. The maximum absolute atomic E-state index is 11.8. The summed E-state index contributed by atoms with van der Waals surface area (Å²) in [7, 11) is 0. The monoisotopic (exact) mass is 242 g/mol. The summed E-state index contributed by atoms with van der Waals surface area (Å²) >= 11 is 0. The van der Waals surface area contributed by atoms with Crippen LogP contribution in [0.5, 0.6) is 0 Å². The van der Waals surface area contributed by atoms with Crippen molar-refractivity contribution in [2.24, 2.45) is 17.1 Å². The van der Waals surface area contributed by atoms with E-state index in [0.29, 0.717) is 18.9 Å². The van der Waals surface area contributed by atoms with Crippen LogP contribution in [0.25, 0.3) is 0 Å². The molecule has 0 radical (unpaired) electrons. The average molecular weight is 242 g/mol. The Labute approximate surface area is 104 Å². The second kappa shape index (κ2) is 6.36. The molecular weight excluding hydrogens is 216 g/mol. The predicted octanol–water partition coefficient (Wildman–Crippen LogP) is 1.03. The second-order valence-electron chi connectivity index (χ2n) is 5.82. The fourth-order valence-corrected chi connectivity index (χ4v) is 2.54. The normalized spacial score (nSPS) is 20.5. The van der Waals surface area contributed by atoms with Gasteiger partial charge in [0.2, 0.25) is 5.91 Å². The van der Waals surface area contributed by atoms with Gasteiger partial charge in [-0.3, -0.25) is 4.79 Å². The summed E-state index contributed by atoms with van der Waals surface area (Å²) < 4.78 is 0. The van der Waals surface area contributed by atoms with Gasteiger partial charge in [0.05, 0.1) is 12.6 Å². The molecule has 0 aromatic heterocycles. The molecule has 1 amide bonds. The number of hydrogen-bond donors (Lipinski definition) is 3. The Kier molecular flexibility index (Phi) is 5.40. The zero-order valence-corrected chi connectivity index (χ0v) is 11.0. The van der Waals surface area contributed by atoms with Crippen LogP contribution in [0.4, 0.5) is 0 Å². The van der Waals surface area contributed by atoms with E-state index in [-0.39, 0.29) is 17.9 Å². The molecule has 1 aliphatic carbocycles. The van der Waals surface area contributed by atoms with Crippen LogP contribution in [0.1, 0.15) is 46.0 Å². The Balaban J connectivity index is 2.36. The van der Waals surface area contributed by atoms with Crippen molar-refractivity contribution in [2.75, 3.05) is 13.2 Å². The molecule has 0 saturated heterocycles. The van der Waals surface area contributed by atoms with E-state index in [1.165, 1.54) is 0 Å². The summed E-state index contributed by atoms with van der Waals surface area (Å²) in [5.74, 6) is 0.340. The molecule has 0 bridgehead atoms. The molecular formula is C13H26N2O2. The highest BCUT2D eigenvalue weighted by atomic mass is 16.3. The lowest BCUT2D eigenvalue weighted by molar-refractivity contribution is -0.123. The number of amides is 1. The number of aliphatic hydroxyl groups excluding tert-OH is 1. The van der Waals surface area contributed by atoms with Crippen LogP contribution in [0.2, 0.25) is 0 Å². The number of aliphatic hydroxyl groups is 1. The molecule has 4 nitrogen and oxygen atoms in total. The van der Waals surface area contributed by atoms with Crippen LogP contribution in [-0.4, -0.2) is 30.2 Å². The molecule has 1 atom stereocenters. The molecule has 0 aromatic carbocycles. The maximum atomic E-state index is 11.8. The molecule has 1 saturated carbocycles. The quantitative estimate of drug-likeness (QED) is 0.651. The van der Waals surface area contributed by atoms with Gasteiger partial charge in [0.15, 0.2) is 0 Å². The standard InChI is InChI=1S/C13H26N2O2/c1-10(2)7-11(14)12(17)15-8-13(9-16)5-3-4-6-13/h10-11,16H,3-9,14H2,1-2H3,(H,15,17)/t11-/m1/s1. The van der Waals surface area contributed by atoms with E-state index in [1.807, 2.05) is 0 Å². The fraction of sp³-hybridized carbons (Fsp3) is 0.923. The smallest absolute Gasteiger partial charge is 0.236 e. The van der Waals surface area contributed by atoms with E-state index in [1.54, 1.807) is 0 Å². The van der Waals surface area contributed by atoms with Crippen molar-refractivity contribution in [3.8, 4) is 0 Å². The minimum Gasteiger partial charge on any atom is -0.396 e. The highest BCUT2D eigenvalue weighted by Gasteiger charge is 2.33. The topological polar surface area (TPSA) is 75.4 Å². The first-order valence-corrected chi connectivity index (χ1v) is 6.63. The number of hydrogen-bond acceptors (Lipinski definition) is 3. The molecule has 4 heteroatoms. The van der Waals surface area contributed by atoms with Gasteiger partial charge in [-0.05, 0) is 25.2 Å². The summed E-state index contributed by atoms with van der Waals surface area (Å²) in [6.07, 6.45) is 5.01. The zero-order chi connectivity index (χ0) is 12.9. The first-order chi connectivity index (χ1) is 7.99. The summed E-state index contributed by atoms with van der Waals surface area (Å²) in [6.45, 7) is 4.83. The van der Waals surface area contributed by atoms with Gasteiger partial charge in [0.1, 0.15) is 0 Å². The molecule has 17 heavy (non-hydrogen) atoms. The molecule has 0 aliphatic heterocycles. The molecule has 4 N–H and O–H groups in total. The van der Waals surface area contributed by atoms with Gasteiger partial charge >= 0.3 is 0 Å². The SMILES string of the molecule is CC(C)C[C@@H](N)C(=O)NCC1(CO)CCCC1. The van der Waals surface area contributed by atoms with Crippen LogP contribution in [0.15, 0.2) is 0 Å². The summed E-state index contributed by atoms with van der Waals surface area (Å²) in [6, 6.07) is -0.424. The van der Waals surface area contributed by atoms with Gasteiger partial charge < -0.3 is 16.2 Å². The van der Waals surface area contributed by atoms with Gasteiger partial charge in [0.25, 0.3) is 0 Å². The molecule has 0 unspecified atom stereocenters. The van der Waals surface area contributed by atoms with Crippen molar-refractivity contribution in [3.05, 3.63) is 0 Å². The lowest BCUT2D eigenvalue weighted by Gasteiger charge is -2.27. The van der Waals surface area contributed by atoms with Crippen molar-refractivity contribution in [2.45, 2.75) is 52.0 Å². The minimum atomic E-state index is -0.424. The van der Waals surface area contributed by atoms with Gasteiger partial charge in [-0.2, -0.15) is 0 Å². The third-order valence-electron chi connectivity index (χ3n) is 3.70. The average Bonchev–Trinajstić information content (AvgIpc) is 2.74. The van der Waals surface area contributed by atoms with Crippen LogP contribution < -0.4 is 11.1 Å². The number of nitrogens with one attached hydrogen (secondary N) is 1. The Morgan fingerprint density at radius 2 is 2.00 bits per heavy atom. The number of carbonyl (C=O) groups is 1. The Hall–Kier alpha value is -0.610. The molecule has 100 valence electrons. The van der Waals surface area contributed by atoms with E-state index in [9.17, 15) is 9.90 Å². The highest BCUT2D eigenvalue weighted by molar-refractivity contribution is 5.81. The largest absolute Gasteiger partial charge is 0.396 e. The third-order valence-corrected chi connectivity index (χ3v) is 3.70. The van der Waals surface area contributed by atoms with E-state index < -0.39 is 6.04 Å². The number of rotatable bonds is 6. The fourth-order valence-electron chi connectivity index (χ4n) is 2.54. The lowest BCUT2D eigenvalue weighted by Crippen LogP contribution is -2.46. The Morgan fingerprint density at radius 1 is 1.41 bits per heavy atom. The van der Waals surface area contributed by atoms with Gasteiger partial charge in [-0.15, -0.1) is 0 Å². The molecule has 1 rings (SSSR count). The molecule has 0 aromatic rings. The molecule has 0 spiro atoms. The van der Waals surface area contributed by atoms with Gasteiger partial charge in [-0.25, -0.2) is 0 Å². The highest BCUT2D eigenvalue weighted by Crippen LogP contribution is 2.36. The van der Waals surface area contributed by atoms with Crippen LogP contribution >= 0.6 is 0 Å². The van der Waals surface area contributed by atoms with E-state index in [0.717, 1.165) is 25.7 Å². The van der Waals surface area contributed by atoms with Crippen LogP contribution in [0, 0.1) is 11.3 Å². The first kappa shape index (κ1) is 14.5.